The average molecular weight is 332 g/mol. The Kier molecular flexibility index (Phi) is 4.96. The number of halogens is 1. The van der Waals surface area contributed by atoms with E-state index in [1.165, 1.54) is 21.9 Å². The van der Waals surface area contributed by atoms with Crippen LogP contribution in [0.4, 0.5) is 9.18 Å². The molecule has 1 N–H and O–H groups in total. The summed E-state index contributed by atoms with van der Waals surface area (Å²) in [7, 11) is 0. The summed E-state index contributed by atoms with van der Waals surface area (Å²) in [5.41, 5.74) is 0.956. The Morgan fingerprint density at radius 2 is 1.91 bits per heavy atom. The van der Waals surface area contributed by atoms with Crippen molar-refractivity contribution in [3.05, 3.63) is 57.5 Å². The second kappa shape index (κ2) is 7.13. The van der Waals surface area contributed by atoms with E-state index in [1.807, 2.05) is 4.90 Å². The summed E-state index contributed by atoms with van der Waals surface area (Å²) >= 11 is 1.74. The van der Waals surface area contributed by atoms with Crippen LogP contribution in [0.5, 0.6) is 0 Å². The van der Waals surface area contributed by atoms with Crippen LogP contribution in [0, 0.1) is 5.82 Å². The minimum atomic E-state index is -0.249. The number of carbonyl (C=O) groups is 1. The molecule has 0 atom stereocenters. The highest BCUT2D eigenvalue weighted by Gasteiger charge is 2.32. The summed E-state index contributed by atoms with van der Waals surface area (Å²) in [6, 6.07) is 10.8. The van der Waals surface area contributed by atoms with Crippen LogP contribution < -0.4 is 5.32 Å². The lowest BCUT2D eigenvalue weighted by Crippen LogP contribution is -2.40. The second-order valence-corrected chi connectivity index (χ2v) is 7.12. The lowest BCUT2D eigenvalue weighted by molar-refractivity contribution is 0.191. The van der Waals surface area contributed by atoms with Crippen molar-refractivity contribution in [2.75, 3.05) is 0 Å². The molecule has 0 aliphatic heterocycles. The Balaban J connectivity index is 1.59. The Labute approximate surface area is 140 Å². The number of aryl methyl sites for hydroxylation is 1. The lowest BCUT2D eigenvalue weighted by Gasteiger charge is -2.23. The van der Waals surface area contributed by atoms with Gasteiger partial charge in [-0.05, 0) is 49.1 Å². The third-order valence-corrected chi connectivity index (χ3v) is 5.22. The van der Waals surface area contributed by atoms with E-state index in [0.29, 0.717) is 19.1 Å². The van der Waals surface area contributed by atoms with Crippen molar-refractivity contribution in [2.45, 2.75) is 45.3 Å². The molecule has 0 bridgehead atoms. The molecule has 1 aliphatic rings. The molecule has 2 aromatic rings. The van der Waals surface area contributed by atoms with E-state index in [9.17, 15) is 9.18 Å². The van der Waals surface area contributed by atoms with E-state index in [-0.39, 0.29) is 11.8 Å². The van der Waals surface area contributed by atoms with Gasteiger partial charge in [-0.1, -0.05) is 19.1 Å². The normalized spacial score (nSPS) is 13.8. The highest BCUT2D eigenvalue weighted by atomic mass is 32.1. The van der Waals surface area contributed by atoms with Gasteiger partial charge in [0.25, 0.3) is 0 Å². The molecule has 1 fully saturated rings. The van der Waals surface area contributed by atoms with Gasteiger partial charge >= 0.3 is 6.03 Å². The van der Waals surface area contributed by atoms with E-state index in [0.717, 1.165) is 24.8 Å². The third-order valence-electron chi connectivity index (χ3n) is 3.99. The van der Waals surface area contributed by atoms with Crippen molar-refractivity contribution < 1.29 is 9.18 Å². The van der Waals surface area contributed by atoms with Crippen LogP contribution in [0.2, 0.25) is 0 Å². The molecule has 3 nitrogen and oxygen atoms in total. The van der Waals surface area contributed by atoms with Crippen molar-refractivity contribution in [2.24, 2.45) is 0 Å². The number of nitrogens with zero attached hydrogens (tertiary/aromatic N) is 1. The first-order valence-electron chi connectivity index (χ1n) is 8.02. The molecule has 1 saturated carbocycles. The van der Waals surface area contributed by atoms with Gasteiger partial charge in [0.1, 0.15) is 5.82 Å². The van der Waals surface area contributed by atoms with Crippen LogP contribution in [0.1, 0.15) is 35.1 Å². The zero-order valence-electron chi connectivity index (χ0n) is 13.2. The first-order chi connectivity index (χ1) is 11.2. The van der Waals surface area contributed by atoms with Gasteiger partial charge in [0, 0.05) is 22.3 Å². The topological polar surface area (TPSA) is 32.3 Å². The van der Waals surface area contributed by atoms with Crippen molar-refractivity contribution in [3.8, 4) is 0 Å². The quantitative estimate of drug-likeness (QED) is 0.839. The number of thiophene rings is 1. The largest absolute Gasteiger partial charge is 0.333 e. The van der Waals surface area contributed by atoms with Gasteiger partial charge in [-0.2, -0.15) is 0 Å². The van der Waals surface area contributed by atoms with E-state index >= 15 is 0 Å². The van der Waals surface area contributed by atoms with Crippen LogP contribution in [0.15, 0.2) is 36.4 Å². The number of hydrogen-bond donors (Lipinski definition) is 1. The van der Waals surface area contributed by atoms with E-state index in [1.54, 1.807) is 23.5 Å². The maximum atomic E-state index is 13.0. The molecule has 1 aliphatic carbocycles. The molecule has 23 heavy (non-hydrogen) atoms. The Morgan fingerprint density at radius 3 is 2.52 bits per heavy atom. The fourth-order valence-corrected chi connectivity index (χ4v) is 3.41. The first kappa shape index (κ1) is 16.0. The van der Waals surface area contributed by atoms with Crippen LogP contribution in [0.3, 0.4) is 0 Å². The Morgan fingerprint density at radius 1 is 1.22 bits per heavy atom. The number of nitrogens with one attached hydrogen (secondary N) is 1. The summed E-state index contributed by atoms with van der Waals surface area (Å²) in [6.45, 7) is 3.23. The Bertz CT molecular complexity index is 664. The summed E-state index contributed by atoms with van der Waals surface area (Å²) < 4.78 is 13.0. The molecule has 1 aromatic heterocycles. The van der Waals surface area contributed by atoms with Crippen molar-refractivity contribution in [1.29, 1.82) is 0 Å². The van der Waals surface area contributed by atoms with Gasteiger partial charge in [0.05, 0.1) is 6.54 Å². The molecular weight excluding hydrogens is 311 g/mol. The number of carbonyl (C=O) groups excluding carboxylic acids is 1. The van der Waals surface area contributed by atoms with E-state index in [4.69, 9.17) is 0 Å². The first-order valence-corrected chi connectivity index (χ1v) is 8.84. The second-order valence-electron chi connectivity index (χ2n) is 5.87. The van der Waals surface area contributed by atoms with Crippen molar-refractivity contribution in [3.63, 3.8) is 0 Å². The fourth-order valence-electron chi connectivity index (χ4n) is 2.51. The monoisotopic (exact) mass is 332 g/mol. The van der Waals surface area contributed by atoms with Crippen LogP contribution in [-0.2, 0) is 19.5 Å². The summed E-state index contributed by atoms with van der Waals surface area (Å²) in [5, 5.41) is 3.01. The molecule has 3 rings (SSSR count). The average Bonchev–Trinajstić information content (AvgIpc) is 3.29. The predicted octanol–water partition coefficient (Wildman–Crippen LogP) is 4.32. The zero-order chi connectivity index (χ0) is 16.2. The Hall–Kier alpha value is -1.88. The minimum Gasteiger partial charge on any atom is -0.333 e. The molecular formula is C18H21FN2OS. The van der Waals surface area contributed by atoms with Gasteiger partial charge in [-0.15, -0.1) is 11.3 Å². The van der Waals surface area contributed by atoms with E-state index in [2.05, 4.69) is 24.4 Å². The lowest BCUT2D eigenvalue weighted by atomic mass is 10.2. The summed E-state index contributed by atoms with van der Waals surface area (Å²) in [4.78, 5) is 16.9. The molecule has 1 heterocycles. The smallest absolute Gasteiger partial charge is 0.318 e. The highest BCUT2D eigenvalue weighted by molar-refractivity contribution is 7.11. The van der Waals surface area contributed by atoms with Gasteiger partial charge in [-0.25, -0.2) is 9.18 Å². The maximum absolute atomic E-state index is 13.0. The summed E-state index contributed by atoms with van der Waals surface area (Å²) in [5.74, 6) is -0.249. The van der Waals surface area contributed by atoms with Crippen LogP contribution in [0.25, 0.3) is 0 Å². The molecule has 0 spiro atoms. The van der Waals surface area contributed by atoms with Crippen LogP contribution >= 0.6 is 11.3 Å². The SMILES string of the molecule is CCc1ccc(CNC(=O)N(Cc2ccc(F)cc2)C2CC2)s1. The molecule has 122 valence electrons. The third kappa shape index (κ3) is 4.32. The number of benzene rings is 1. The highest BCUT2D eigenvalue weighted by Crippen LogP contribution is 2.28. The predicted molar refractivity (Wildman–Crippen MR) is 90.9 cm³/mol. The molecule has 0 saturated heterocycles. The standard InChI is InChI=1S/C18H21FN2OS/c1-2-16-9-10-17(23-16)11-20-18(22)21(15-7-8-15)12-13-3-5-14(19)6-4-13/h3-6,9-10,15H,2,7-8,11-12H2,1H3,(H,20,22). The molecule has 5 heteroatoms. The molecule has 1 aromatic carbocycles. The van der Waals surface area contributed by atoms with Gasteiger partial charge < -0.3 is 10.2 Å². The van der Waals surface area contributed by atoms with Crippen LogP contribution in [-0.4, -0.2) is 17.0 Å². The molecule has 2 amide bonds. The van der Waals surface area contributed by atoms with Gasteiger partial charge in [0.15, 0.2) is 0 Å². The van der Waals surface area contributed by atoms with Crippen molar-refractivity contribution >= 4 is 17.4 Å². The number of amides is 2. The maximum Gasteiger partial charge on any atom is 0.318 e. The fraction of sp³-hybridized carbons (Fsp3) is 0.389. The minimum absolute atomic E-state index is 0.0386. The number of hydrogen-bond acceptors (Lipinski definition) is 2. The zero-order valence-corrected chi connectivity index (χ0v) is 14.0. The van der Waals surface area contributed by atoms with Gasteiger partial charge in [0.2, 0.25) is 0 Å². The van der Waals surface area contributed by atoms with Crippen molar-refractivity contribution in [1.82, 2.24) is 10.2 Å². The molecule has 0 radical (unpaired) electrons. The number of urea groups is 1. The van der Waals surface area contributed by atoms with E-state index < -0.39 is 0 Å². The molecule has 0 unspecified atom stereocenters. The van der Waals surface area contributed by atoms with Gasteiger partial charge in [-0.3, -0.25) is 0 Å². The summed E-state index contributed by atoms with van der Waals surface area (Å²) in [6.07, 6.45) is 3.12. The number of rotatable bonds is 6.